The lowest BCUT2D eigenvalue weighted by atomic mass is 9.54. The summed E-state index contributed by atoms with van der Waals surface area (Å²) in [6, 6.07) is 0. The summed E-state index contributed by atoms with van der Waals surface area (Å²) in [6.07, 6.45) is 0. The van der Waals surface area contributed by atoms with Crippen molar-refractivity contribution in [2.45, 2.75) is 36.4 Å². The van der Waals surface area contributed by atoms with Crippen molar-refractivity contribution in [3.05, 3.63) is 0 Å². The molecule has 1 aliphatic rings. The van der Waals surface area contributed by atoms with Gasteiger partial charge in [0.1, 0.15) is 8.67 Å². The van der Waals surface area contributed by atoms with Crippen LogP contribution in [0.3, 0.4) is 0 Å². The first-order valence-corrected chi connectivity index (χ1v) is 5.27. The van der Waals surface area contributed by atoms with E-state index < -0.39 is 19.5 Å². The van der Waals surface area contributed by atoms with Gasteiger partial charge in [-0.2, -0.15) is 0 Å². The van der Waals surface area contributed by atoms with E-state index in [1.807, 2.05) is 27.7 Å². The van der Waals surface area contributed by atoms with Gasteiger partial charge in [0.2, 0.25) is 0 Å². The molecule has 0 nitrogen and oxygen atoms in total. The predicted molar refractivity (Wildman–Crippen MR) is 56.4 cm³/mol. The lowest BCUT2D eigenvalue weighted by molar-refractivity contribution is -0.0178. The third-order valence-corrected chi connectivity index (χ3v) is 6.92. The monoisotopic (exact) mass is 248 g/mol. The summed E-state index contributed by atoms with van der Waals surface area (Å²) in [5, 5.41) is 0. The summed E-state index contributed by atoms with van der Waals surface area (Å²) < 4.78 is -1.74. The zero-order valence-corrected chi connectivity index (χ0v) is 10.5. The van der Waals surface area contributed by atoms with E-state index in [0.29, 0.717) is 0 Å². The molecule has 0 saturated heterocycles. The minimum absolute atomic E-state index is 0.490. The van der Waals surface area contributed by atoms with E-state index in [2.05, 4.69) is 0 Å². The topological polar surface area (TPSA) is 0 Å². The van der Waals surface area contributed by atoms with Gasteiger partial charge in [-0.25, -0.2) is 0 Å². The molecule has 72 valence electrons. The van der Waals surface area contributed by atoms with Gasteiger partial charge < -0.3 is 0 Å². The standard InChI is InChI=1S/C8H12Cl4/c1-5(2)7(9,10)6(3,4)8(5,11)12/h1-4H3. The first kappa shape index (κ1) is 11.2. The molecule has 1 saturated carbocycles. The normalized spacial score (nSPS) is 34.0. The zero-order valence-electron chi connectivity index (χ0n) is 7.51. The van der Waals surface area contributed by atoms with Gasteiger partial charge in [-0.05, 0) is 0 Å². The van der Waals surface area contributed by atoms with Gasteiger partial charge in [0.05, 0.1) is 0 Å². The number of hydrogen-bond acceptors (Lipinski definition) is 0. The van der Waals surface area contributed by atoms with Gasteiger partial charge in [-0.15, -0.1) is 46.4 Å². The minimum atomic E-state index is -0.872. The first-order chi connectivity index (χ1) is 5.00. The molecule has 0 aromatic carbocycles. The molecule has 1 rings (SSSR count). The van der Waals surface area contributed by atoms with Crippen LogP contribution in [0.25, 0.3) is 0 Å². The third-order valence-electron chi connectivity index (χ3n) is 3.14. The average Bonchev–Trinajstić information content (AvgIpc) is 1.84. The second kappa shape index (κ2) is 2.39. The highest BCUT2D eigenvalue weighted by atomic mass is 35.5. The maximum absolute atomic E-state index is 6.17. The molecule has 0 aromatic rings. The molecule has 0 bridgehead atoms. The van der Waals surface area contributed by atoms with Crippen molar-refractivity contribution in [2.75, 3.05) is 0 Å². The highest BCUT2D eigenvalue weighted by Crippen LogP contribution is 2.77. The fourth-order valence-electron chi connectivity index (χ4n) is 1.89. The van der Waals surface area contributed by atoms with Gasteiger partial charge in [-0.1, -0.05) is 27.7 Å². The van der Waals surface area contributed by atoms with Crippen molar-refractivity contribution in [1.29, 1.82) is 0 Å². The molecule has 0 radical (unpaired) electrons. The molecule has 1 aliphatic carbocycles. The van der Waals surface area contributed by atoms with Gasteiger partial charge >= 0.3 is 0 Å². The largest absolute Gasteiger partial charge is 0.134 e. The van der Waals surface area contributed by atoms with E-state index in [0.717, 1.165) is 0 Å². The van der Waals surface area contributed by atoms with Crippen LogP contribution in [0.4, 0.5) is 0 Å². The summed E-state index contributed by atoms with van der Waals surface area (Å²) in [4.78, 5) is 0. The Hall–Kier alpha value is 1.16. The summed E-state index contributed by atoms with van der Waals surface area (Å²) in [7, 11) is 0. The number of hydrogen-bond donors (Lipinski definition) is 0. The summed E-state index contributed by atoms with van der Waals surface area (Å²) >= 11 is 24.7. The van der Waals surface area contributed by atoms with Gasteiger partial charge in [0.15, 0.2) is 0 Å². The molecule has 0 unspecified atom stereocenters. The molecule has 0 amide bonds. The number of rotatable bonds is 0. The van der Waals surface area contributed by atoms with Crippen molar-refractivity contribution < 1.29 is 0 Å². The molecule has 0 aromatic heterocycles. The van der Waals surface area contributed by atoms with Crippen molar-refractivity contribution in [2.24, 2.45) is 10.8 Å². The van der Waals surface area contributed by atoms with Crippen LogP contribution in [0.1, 0.15) is 27.7 Å². The maximum Gasteiger partial charge on any atom is 0.134 e. The highest BCUT2D eigenvalue weighted by Gasteiger charge is 2.79. The highest BCUT2D eigenvalue weighted by molar-refractivity contribution is 6.58. The van der Waals surface area contributed by atoms with Crippen LogP contribution >= 0.6 is 46.4 Å². The van der Waals surface area contributed by atoms with Crippen LogP contribution in [0.2, 0.25) is 0 Å². The van der Waals surface area contributed by atoms with Crippen LogP contribution < -0.4 is 0 Å². The summed E-state index contributed by atoms with van der Waals surface area (Å²) in [5.41, 5.74) is -0.981. The quantitative estimate of drug-likeness (QED) is 0.559. The Morgan fingerprint density at radius 3 is 0.833 bits per heavy atom. The Bertz CT molecular complexity index is 151. The van der Waals surface area contributed by atoms with Crippen LogP contribution in [0.5, 0.6) is 0 Å². The smallest absolute Gasteiger partial charge is 0.100 e. The average molecular weight is 250 g/mol. The summed E-state index contributed by atoms with van der Waals surface area (Å²) in [5.74, 6) is 0. The molecule has 0 spiro atoms. The van der Waals surface area contributed by atoms with Crippen LogP contribution in [0.15, 0.2) is 0 Å². The van der Waals surface area contributed by atoms with E-state index >= 15 is 0 Å². The predicted octanol–water partition coefficient (Wildman–Crippen LogP) is 4.40. The van der Waals surface area contributed by atoms with Crippen molar-refractivity contribution in [3.8, 4) is 0 Å². The molecule has 1 fully saturated rings. The Labute approximate surface area is 93.5 Å². The van der Waals surface area contributed by atoms with E-state index in [-0.39, 0.29) is 0 Å². The molecule has 0 atom stereocenters. The Morgan fingerprint density at radius 1 is 0.583 bits per heavy atom. The van der Waals surface area contributed by atoms with Crippen molar-refractivity contribution in [1.82, 2.24) is 0 Å². The van der Waals surface area contributed by atoms with E-state index in [4.69, 9.17) is 46.4 Å². The molecule has 4 heteroatoms. The molecular formula is C8H12Cl4. The second-order valence-electron chi connectivity index (χ2n) is 4.40. The minimum Gasteiger partial charge on any atom is -0.100 e. The van der Waals surface area contributed by atoms with Gasteiger partial charge in [0, 0.05) is 10.8 Å². The molecule has 0 heterocycles. The second-order valence-corrected chi connectivity index (χ2v) is 7.05. The fraction of sp³-hybridized carbons (Fsp3) is 1.00. The van der Waals surface area contributed by atoms with Crippen LogP contribution in [-0.4, -0.2) is 8.67 Å². The van der Waals surface area contributed by atoms with E-state index in [1.54, 1.807) is 0 Å². The molecule has 0 N–H and O–H groups in total. The molecule has 12 heavy (non-hydrogen) atoms. The number of alkyl halides is 4. The fourth-order valence-corrected chi connectivity index (χ4v) is 3.42. The first-order valence-electron chi connectivity index (χ1n) is 3.76. The number of halogens is 4. The maximum atomic E-state index is 6.17. The van der Waals surface area contributed by atoms with Gasteiger partial charge in [0.25, 0.3) is 0 Å². The molecular weight excluding hydrogens is 238 g/mol. The van der Waals surface area contributed by atoms with Crippen LogP contribution in [-0.2, 0) is 0 Å². The summed E-state index contributed by atoms with van der Waals surface area (Å²) in [6.45, 7) is 7.49. The van der Waals surface area contributed by atoms with E-state index in [9.17, 15) is 0 Å². The van der Waals surface area contributed by atoms with Crippen LogP contribution in [0, 0.1) is 10.8 Å². The molecule has 0 aliphatic heterocycles. The van der Waals surface area contributed by atoms with Crippen molar-refractivity contribution in [3.63, 3.8) is 0 Å². The zero-order chi connectivity index (χ0) is 10.0. The van der Waals surface area contributed by atoms with E-state index in [1.165, 1.54) is 0 Å². The Morgan fingerprint density at radius 2 is 0.750 bits per heavy atom. The SMILES string of the molecule is CC1(C)C(Cl)(Cl)C(C)(C)C1(Cl)Cl. The Balaban J connectivity index is 3.16. The van der Waals surface area contributed by atoms with Gasteiger partial charge in [-0.3, -0.25) is 0 Å². The third kappa shape index (κ3) is 0.834. The lowest BCUT2D eigenvalue weighted by Gasteiger charge is -2.68. The van der Waals surface area contributed by atoms with Crippen molar-refractivity contribution >= 4 is 46.4 Å². The Kier molecular flexibility index (Phi) is 2.24. The lowest BCUT2D eigenvalue weighted by Crippen LogP contribution is -2.74.